The Morgan fingerprint density at radius 2 is 2.18 bits per heavy atom. The van der Waals surface area contributed by atoms with E-state index in [2.05, 4.69) is 0 Å². The second-order valence-corrected chi connectivity index (χ2v) is 4.49. The summed E-state index contributed by atoms with van der Waals surface area (Å²) in [4.78, 5) is 28.1. The van der Waals surface area contributed by atoms with Crippen LogP contribution in [0.25, 0.3) is 0 Å². The van der Waals surface area contributed by atoms with Gasteiger partial charge < -0.3 is 9.84 Å². The van der Waals surface area contributed by atoms with E-state index in [0.717, 1.165) is 5.06 Å². The number of aliphatic carboxylic acids is 1. The number of nitrogens with zero attached hydrogens (tertiary/aromatic N) is 1. The Morgan fingerprint density at radius 3 is 2.71 bits per heavy atom. The molecule has 1 fully saturated rings. The molecule has 0 spiro atoms. The summed E-state index contributed by atoms with van der Waals surface area (Å²) in [5, 5.41) is 10.3. The van der Waals surface area contributed by atoms with Crippen LogP contribution in [0.1, 0.15) is 6.92 Å². The summed E-state index contributed by atoms with van der Waals surface area (Å²) in [6.07, 6.45) is 2.98. The van der Waals surface area contributed by atoms with Gasteiger partial charge in [0.2, 0.25) is 0 Å². The first-order chi connectivity index (χ1) is 7.90. The third-order valence-corrected chi connectivity index (χ3v) is 3.47. The largest absolute Gasteiger partial charge is 0.481 e. The highest BCUT2D eigenvalue weighted by Crippen LogP contribution is 2.47. The van der Waals surface area contributed by atoms with Crippen molar-refractivity contribution in [1.29, 1.82) is 0 Å². The Labute approximate surface area is 98.7 Å². The van der Waals surface area contributed by atoms with Crippen LogP contribution in [-0.4, -0.2) is 47.9 Å². The molecule has 0 saturated carbocycles. The molecule has 4 unspecified atom stereocenters. The van der Waals surface area contributed by atoms with Crippen molar-refractivity contribution >= 4 is 11.9 Å². The second-order valence-electron chi connectivity index (χ2n) is 4.49. The number of ether oxygens (including phenoxy) is 1. The zero-order valence-corrected chi connectivity index (χ0v) is 9.91. The predicted molar refractivity (Wildman–Crippen MR) is 56.8 cm³/mol. The topological polar surface area (TPSA) is 76.1 Å². The molecule has 2 aliphatic rings. The summed E-state index contributed by atoms with van der Waals surface area (Å²) in [7, 11) is 2.82. The Balaban J connectivity index is 2.31. The van der Waals surface area contributed by atoms with Gasteiger partial charge in [0, 0.05) is 7.05 Å². The number of fused-ring (bicyclic) bond motifs is 2. The van der Waals surface area contributed by atoms with E-state index in [1.54, 1.807) is 19.1 Å². The molecule has 1 saturated heterocycles. The van der Waals surface area contributed by atoms with Gasteiger partial charge in [-0.15, -0.1) is 0 Å². The number of rotatable bonds is 3. The lowest BCUT2D eigenvalue weighted by molar-refractivity contribution is -0.177. The van der Waals surface area contributed by atoms with Crippen LogP contribution in [0.2, 0.25) is 0 Å². The van der Waals surface area contributed by atoms with Gasteiger partial charge in [-0.05, 0) is 6.92 Å². The van der Waals surface area contributed by atoms with Crippen molar-refractivity contribution < 1.29 is 24.3 Å². The van der Waals surface area contributed by atoms with Gasteiger partial charge in [0.05, 0.1) is 24.7 Å². The molecular weight excluding hydrogens is 226 g/mol. The van der Waals surface area contributed by atoms with Crippen LogP contribution >= 0.6 is 0 Å². The van der Waals surface area contributed by atoms with Crippen LogP contribution in [0, 0.1) is 11.8 Å². The maximum absolute atomic E-state index is 12.0. The fourth-order valence-corrected chi connectivity index (χ4v) is 2.56. The maximum Gasteiger partial charge on any atom is 0.310 e. The lowest BCUT2D eigenvalue weighted by Gasteiger charge is -2.28. The van der Waals surface area contributed by atoms with Gasteiger partial charge >= 0.3 is 5.97 Å². The first-order valence-electron chi connectivity index (χ1n) is 5.32. The van der Waals surface area contributed by atoms with Crippen molar-refractivity contribution in [2.75, 3.05) is 14.2 Å². The number of hydroxylamine groups is 2. The molecule has 2 rings (SSSR count). The Hall–Kier alpha value is -1.40. The third-order valence-electron chi connectivity index (χ3n) is 3.47. The van der Waals surface area contributed by atoms with Gasteiger partial charge in [-0.2, -0.15) is 0 Å². The number of carboxylic acids is 1. The summed E-state index contributed by atoms with van der Waals surface area (Å²) in [5.41, 5.74) is -0.897. The molecule has 94 valence electrons. The predicted octanol–water partition coefficient (Wildman–Crippen LogP) is 0.0505. The Kier molecular flexibility index (Phi) is 2.71. The molecule has 2 bridgehead atoms. The molecule has 0 aromatic rings. The van der Waals surface area contributed by atoms with Crippen LogP contribution < -0.4 is 0 Å². The summed E-state index contributed by atoms with van der Waals surface area (Å²) >= 11 is 0. The number of carboxylic acid groups (broad SMARTS) is 1. The molecule has 1 N–H and O–H groups in total. The molecule has 6 nitrogen and oxygen atoms in total. The fourth-order valence-electron chi connectivity index (χ4n) is 2.56. The summed E-state index contributed by atoms with van der Waals surface area (Å²) in [6, 6.07) is 0. The zero-order chi connectivity index (χ0) is 12.8. The molecule has 4 atom stereocenters. The molecule has 6 heteroatoms. The average Bonchev–Trinajstić information content (AvgIpc) is 2.79. The SMILES string of the molecule is CON(C)C(=O)C1C2C=CC(C)(O2)C1C(=O)O. The van der Waals surface area contributed by atoms with Crippen LogP contribution in [-0.2, 0) is 19.2 Å². The number of hydrogen-bond donors (Lipinski definition) is 1. The van der Waals surface area contributed by atoms with E-state index in [4.69, 9.17) is 9.57 Å². The van der Waals surface area contributed by atoms with Gasteiger partial charge in [-0.1, -0.05) is 12.2 Å². The van der Waals surface area contributed by atoms with Gasteiger partial charge in [0.25, 0.3) is 5.91 Å². The molecule has 1 amide bonds. The van der Waals surface area contributed by atoms with Crippen molar-refractivity contribution in [3.8, 4) is 0 Å². The Morgan fingerprint density at radius 1 is 1.53 bits per heavy atom. The van der Waals surface area contributed by atoms with Crippen molar-refractivity contribution in [2.24, 2.45) is 11.8 Å². The summed E-state index contributed by atoms with van der Waals surface area (Å²) < 4.78 is 5.57. The minimum Gasteiger partial charge on any atom is -0.481 e. The zero-order valence-electron chi connectivity index (χ0n) is 9.91. The van der Waals surface area contributed by atoms with E-state index < -0.39 is 29.5 Å². The molecule has 2 aliphatic heterocycles. The number of amides is 1. The molecule has 0 aliphatic carbocycles. The standard InChI is InChI=1S/C11H15NO5/c1-11-5-4-6(17-11)7(8(11)10(14)15)9(13)12(2)16-3/h4-8H,1-3H3,(H,14,15). The fraction of sp³-hybridized carbons (Fsp3) is 0.636. The molecule has 0 radical (unpaired) electrons. The minimum absolute atomic E-state index is 0.377. The van der Waals surface area contributed by atoms with Crippen LogP contribution in [0.4, 0.5) is 0 Å². The smallest absolute Gasteiger partial charge is 0.310 e. The summed E-state index contributed by atoms with van der Waals surface area (Å²) in [5.74, 6) is -3.00. The lowest BCUT2D eigenvalue weighted by atomic mass is 9.76. The maximum atomic E-state index is 12.0. The quantitative estimate of drug-likeness (QED) is 0.558. The van der Waals surface area contributed by atoms with E-state index in [1.165, 1.54) is 14.2 Å². The monoisotopic (exact) mass is 241 g/mol. The minimum atomic E-state index is -1.03. The van der Waals surface area contributed by atoms with Gasteiger partial charge in [0.1, 0.15) is 5.92 Å². The highest BCUT2D eigenvalue weighted by atomic mass is 16.7. The Bertz CT molecular complexity index is 393. The second kappa shape index (κ2) is 3.82. The molecule has 2 heterocycles. The normalized spacial score (nSPS) is 38.4. The van der Waals surface area contributed by atoms with Gasteiger partial charge in [-0.25, -0.2) is 5.06 Å². The van der Waals surface area contributed by atoms with E-state index in [9.17, 15) is 14.7 Å². The first-order valence-corrected chi connectivity index (χ1v) is 5.32. The number of hydrogen-bond acceptors (Lipinski definition) is 4. The average molecular weight is 241 g/mol. The first kappa shape index (κ1) is 12.1. The van der Waals surface area contributed by atoms with Crippen LogP contribution in [0.5, 0.6) is 0 Å². The molecule has 0 aromatic heterocycles. The van der Waals surface area contributed by atoms with E-state index in [1.807, 2.05) is 0 Å². The number of carbonyl (C=O) groups excluding carboxylic acids is 1. The van der Waals surface area contributed by atoms with Crippen molar-refractivity contribution in [3.63, 3.8) is 0 Å². The molecule has 0 aromatic carbocycles. The van der Waals surface area contributed by atoms with E-state index in [-0.39, 0.29) is 5.91 Å². The van der Waals surface area contributed by atoms with Crippen LogP contribution in [0.15, 0.2) is 12.2 Å². The number of carbonyl (C=O) groups is 2. The lowest BCUT2D eigenvalue weighted by Crippen LogP contribution is -2.45. The van der Waals surface area contributed by atoms with Crippen molar-refractivity contribution in [1.82, 2.24) is 5.06 Å². The van der Waals surface area contributed by atoms with Gasteiger partial charge in [0.15, 0.2) is 0 Å². The molecule has 17 heavy (non-hydrogen) atoms. The third kappa shape index (κ3) is 1.64. The van der Waals surface area contributed by atoms with Crippen molar-refractivity contribution in [2.45, 2.75) is 18.6 Å². The highest BCUT2D eigenvalue weighted by molar-refractivity contribution is 5.87. The van der Waals surface area contributed by atoms with E-state index in [0.29, 0.717) is 0 Å². The van der Waals surface area contributed by atoms with Gasteiger partial charge in [-0.3, -0.25) is 14.4 Å². The molecular formula is C11H15NO5. The van der Waals surface area contributed by atoms with E-state index >= 15 is 0 Å². The van der Waals surface area contributed by atoms with Crippen molar-refractivity contribution in [3.05, 3.63) is 12.2 Å². The highest BCUT2D eigenvalue weighted by Gasteiger charge is 2.60. The summed E-state index contributed by atoms with van der Waals surface area (Å²) in [6.45, 7) is 1.68. The van der Waals surface area contributed by atoms with Crippen LogP contribution in [0.3, 0.4) is 0 Å².